The average Bonchev–Trinajstić information content (AvgIpc) is 3.46. The summed E-state index contributed by atoms with van der Waals surface area (Å²) in [6.45, 7) is 0.871. The summed E-state index contributed by atoms with van der Waals surface area (Å²) in [5.74, 6) is 0.0518. The Hall–Kier alpha value is -4.03. The van der Waals surface area contributed by atoms with Gasteiger partial charge in [0.1, 0.15) is 5.82 Å². The highest BCUT2D eigenvalue weighted by atomic mass is 19.1. The largest absolute Gasteiger partial charge is 0.494 e. The van der Waals surface area contributed by atoms with Crippen LogP contribution in [0.5, 0.6) is 5.75 Å². The van der Waals surface area contributed by atoms with Crippen molar-refractivity contribution in [2.24, 2.45) is 7.05 Å². The van der Waals surface area contributed by atoms with Crippen molar-refractivity contribution in [3.8, 4) is 28.8 Å². The van der Waals surface area contributed by atoms with Crippen LogP contribution in [-0.2, 0) is 7.05 Å². The third-order valence-electron chi connectivity index (χ3n) is 6.32. The van der Waals surface area contributed by atoms with Gasteiger partial charge >= 0.3 is 0 Å². The molecule has 0 amide bonds. The van der Waals surface area contributed by atoms with E-state index >= 15 is 0 Å². The number of ether oxygens (including phenoxy) is 1. The lowest BCUT2D eigenvalue weighted by molar-refractivity contribution is 0.301. The number of fused-ring (bicyclic) bond motifs is 1. The Kier molecular flexibility index (Phi) is 5.38. The molecule has 2 aromatic heterocycles. The SMILES string of the molecule is COc1ccc(-n2c([C@H]3CCCN3C)nc3c(-c4cn(C)cn4)cc(C#N)cc3c2=O)cc1F. The standard InChI is InChI=1S/C25H23FN6O2/c1-30-13-20(28-14-30)17-9-15(12-27)10-18-23(17)29-24(21-5-4-8-31(21)2)32(25(18)33)16-6-7-22(34-3)19(26)11-16/h6-7,9-11,13-14,21H,4-5,8H2,1-3H3/t21-/m1/s1. The van der Waals surface area contributed by atoms with Gasteiger partial charge in [-0.1, -0.05) is 0 Å². The van der Waals surface area contributed by atoms with E-state index in [9.17, 15) is 14.4 Å². The topological polar surface area (TPSA) is 89.0 Å². The third-order valence-corrected chi connectivity index (χ3v) is 6.32. The number of rotatable bonds is 4. The summed E-state index contributed by atoms with van der Waals surface area (Å²) < 4.78 is 23.0. The summed E-state index contributed by atoms with van der Waals surface area (Å²) in [4.78, 5) is 25.5. The molecule has 3 heterocycles. The van der Waals surface area contributed by atoms with Gasteiger partial charge in [0, 0.05) is 24.9 Å². The van der Waals surface area contributed by atoms with E-state index in [4.69, 9.17) is 9.72 Å². The molecule has 1 aliphatic heterocycles. The maximum Gasteiger partial charge on any atom is 0.266 e. The molecule has 1 atom stereocenters. The number of hydrogen-bond donors (Lipinski definition) is 0. The molecular formula is C25H23FN6O2. The second kappa shape index (κ2) is 8.39. The van der Waals surface area contributed by atoms with Crippen molar-refractivity contribution in [1.29, 1.82) is 5.26 Å². The zero-order valence-corrected chi connectivity index (χ0v) is 19.1. The summed E-state index contributed by atoms with van der Waals surface area (Å²) in [6, 6.07) is 9.67. The zero-order chi connectivity index (χ0) is 24.0. The highest BCUT2D eigenvalue weighted by Gasteiger charge is 2.29. The minimum absolute atomic E-state index is 0.0919. The van der Waals surface area contributed by atoms with Crippen molar-refractivity contribution in [1.82, 2.24) is 24.0 Å². The summed E-state index contributed by atoms with van der Waals surface area (Å²) in [7, 11) is 5.24. The van der Waals surface area contributed by atoms with Crippen molar-refractivity contribution in [3.63, 3.8) is 0 Å². The van der Waals surface area contributed by atoms with E-state index in [1.54, 1.807) is 23.0 Å². The first-order chi connectivity index (χ1) is 16.4. The second-order valence-corrected chi connectivity index (χ2v) is 8.52. The quantitative estimate of drug-likeness (QED) is 0.465. The number of hydrogen-bond acceptors (Lipinski definition) is 6. The van der Waals surface area contributed by atoms with Crippen molar-refractivity contribution < 1.29 is 9.13 Å². The summed E-state index contributed by atoms with van der Waals surface area (Å²) in [5.41, 5.74) is 2.03. The number of aromatic nitrogens is 4. The number of benzene rings is 2. The fourth-order valence-corrected chi connectivity index (χ4v) is 4.62. The Labute approximate surface area is 195 Å². The summed E-state index contributed by atoms with van der Waals surface area (Å²) in [5, 5.41) is 9.91. The molecule has 8 nitrogen and oxygen atoms in total. The van der Waals surface area contributed by atoms with Gasteiger partial charge in [0.2, 0.25) is 0 Å². The van der Waals surface area contributed by atoms with Crippen LogP contribution in [0.4, 0.5) is 4.39 Å². The molecule has 0 saturated carbocycles. The van der Waals surface area contributed by atoms with E-state index in [1.165, 1.54) is 29.9 Å². The molecule has 0 aliphatic carbocycles. The molecule has 0 unspecified atom stereocenters. The number of halogens is 1. The van der Waals surface area contributed by atoms with Crippen molar-refractivity contribution in [3.05, 3.63) is 70.4 Å². The van der Waals surface area contributed by atoms with Crippen LogP contribution >= 0.6 is 0 Å². The monoisotopic (exact) mass is 458 g/mol. The molecule has 2 aromatic carbocycles. The molecule has 0 radical (unpaired) electrons. The predicted octanol–water partition coefficient (Wildman–Crippen LogP) is 3.57. The number of likely N-dealkylation sites (tertiary alicyclic amines) is 1. The molecule has 172 valence electrons. The van der Waals surface area contributed by atoms with Gasteiger partial charge in [0.25, 0.3) is 5.56 Å². The van der Waals surface area contributed by atoms with E-state index in [2.05, 4.69) is 16.0 Å². The zero-order valence-electron chi connectivity index (χ0n) is 19.1. The fourth-order valence-electron chi connectivity index (χ4n) is 4.62. The van der Waals surface area contributed by atoms with E-state index in [1.807, 2.05) is 20.3 Å². The Morgan fingerprint density at radius 1 is 1.24 bits per heavy atom. The van der Waals surface area contributed by atoms with Gasteiger partial charge in [0.05, 0.1) is 53.4 Å². The van der Waals surface area contributed by atoms with Gasteiger partial charge in [-0.3, -0.25) is 14.3 Å². The van der Waals surface area contributed by atoms with Crippen molar-refractivity contribution >= 4 is 10.9 Å². The Balaban J connectivity index is 1.87. The van der Waals surface area contributed by atoms with Crippen LogP contribution in [-0.4, -0.2) is 44.7 Å². The van der Waals surface area contributed by atoms with Gasteiger partial charge in [-0.2, -0.15) is 5.26 Å². The number of imidazole rings is 1. The van der Waals surface area contributed by atoms with Gasteiger partial charge in [-0.15, -0.1) is 0 Å². The van der Waals surface area contributed by atoms with E-state index < -0.39 is 5.82 Å². The molecule has 0 spiro atoms. The summed E-state index contributed by atoms with van der Waals surface area (Å²) in [6.07, 6.45) is 5.27. The maximum atomic E-state index is 14.6. The molecular weight excluding hydrogens is 435 g/mol. The number of methoxy groups -OCH3 is 1. The Bertz CT molecular complexity index is 1520. The molecule has 0 N–H and O–H groups in total. The first-order valence-corrected chi connectivity index (χ1v) is 10.9. The number of nitriles is 1. The van der Waals surface area contributed by atoms with Crippen LogP contribution in [0.3, 0.4) is 0 Å². The fraction of sp³-hybridized carbons (Fsp3) is 0.280. The first kappa shape index (κ1) is 21.8. The average molecular weight is 458 g/mol. The van der Waals surface area contributed by atoms with Crippen molar-refractivity contribution in [2.75, 3.05) is 20.7 Å². The van der Waals surface area contributed by atoms with Gasteiger partial charge in [-0.05, 0) is 50.7 Å². The van der Waals surface area contributed by atoms with E-state index in [0.29, 0.717) is 33.8 Å². The van der Waals surface area contributed by atoms with Crippen molar-refractivity contribution in [2.45, 2.75) is 18.9 Å². The van der Waals surface area contributed by atoms with Crippen LogP contribution in [0, 0.1) is 17.1 Å². The normalized spacial score (nSPS) is 16.1. The molecule has 9 heteroatoms. The predicted molar refractivity (Wildman–Crippen MR) is 125 cm³/mol. The van der Waals surface area contributed by atoms with Gasteiger partial charge < -0.3 is 9.30 Å². The van der Waals surface area contributed by atoms with E-state index in [0.717, 1.165) is 19.4 Å². The van der Waals surface area contributed by atoms with E-state index in [-0.39, 0.29) is 22.7 Å². The van der Waals surface area contributed by atoms with Gasteiger partial charge in [-0.25, -0.2) is 14.4 Å². The van der Waals surface area contributed by atoms with Crippen LogP contribution in [0.2, 0.25) is 0 Å². The van der Waals surface area contributed by atoms with Crippen LogP contribution in [0.25, 0.3) is 27.8 Å². The molecule has 1 saturated heterocycles. The van der Waals surface area contributed by atoms with Crippen LogP contribution < -0.4 is 10.3 Å². The molecule has 0 bridgehead atoms. The third kappa shape index (κ3) is 3.53. The summed E-state index contributed by atoms with van der Waals surface area (Å²) >= 11 is 0. The lowest BCUT2D eigenvalue weighted by atomic mass is 10.0. The molecule has 1 aliphatic rings. The smallest absolute Gasteiger partial charge is 0.266 e. The minimum Gasteiger partial charge on any atom is -0.494 e. The maximum absolute atomic E-state index is 14.6. The highest BCUT2D eigenvalue weighted by molar-refractivity contribution is 5.93. The first-order valence-electron chi connectivity index (χ1n) is 10.9. The molecule has 1 fully saturated rings. The lowest BCUT2D eigenvalue weighted by Gasteiger charge is -2.24. The second-order valence-electron chi connectivity index (χ2n) is 8.52. The highest BCUT2D eigenvalue weighted by Crippen LogP contribution is 2.34. The molecule has 4 aromatic rings. The number of aryl methyl sites for hydroxylation is 1. The minimum atomic E-state index is -0.572. The molecule has 5 rings (SSSR count). The van der Waals surface area contributed by atoms with Crippen LogP contribution in [0.15, 0.2) is 47.7 Å². The lowest BCUT2D eigenvalue weighted by Crippen LogP contribution is -2.30. The molecule has 34 heavy (non-hydrogen) atoms. The number of nitrogens with zero attached hydrogens (tertiary/aromatic N) is 6. The Morgan fingerprint density at radius 2 is 2.06 bits per heavy atom. The Morgan fingerprint density at radius 3 is 2.68 bits per heavy atom. The van der Waals surface area contributed by atoms with Gasteiger partial charge in [0.15, 0.2) is 11.6 Å². The van der Waals surface area contributed by atoms with Crippen LogP contribution in [0.1, 0.15) is 30.3 Å².